The summed E-state index contributed by atoms with van der Waals surface area (Å²) >= 11 is 0. The molecule has 0 unspecified atom stereocenters. The van der Waals surface area contributed by atoms with E-state index in [-0.39, 0.29) is 10.6 Å². The van der Waals surface area contributed by atoms with E-state index in [4.69, 9.17) is 0 Å². The van der Waals surface area contributed by atoms with Crippen molar-refractivity contribution in [2.75, 3.05) is 0 Å². The van der Waals surface area contributed by atoms with E-state index >= 15 is 0 Å². The first-order valence-electron chi connectivity index (χ1n) is 5.45. The van der Waals surface area contributed by atoms with Gasteiger partial charge in [0.1, 0.15) is 12.2 Å². The van der Waals surface area contributed by atoms with Gasteiger partial charge in [-0.1, -0.05) is 12.1 Å². The summed E-state index contributed by atoms with van der Waals surface area (Å²) in [6.45, 7) is 2.81. The predicted molar refractivity (Wildman–Crippen MR) is 64.8 cm³/mol. The smallest absolute Gasteiger partial charge is 0.272 e. The van der Waals surface area contributed by atoms with Gasteiger partial charge in [-0.15, -0.1) is 0 Å². The summed E-state index contributed by atoms with van der Waals surface area (Å²) in [6, 6.07) is 5.21. The number of hydrogen-bond acceptors (Lipinski definition) is 5. The van der Waals surface area contributed by atoms with Gasteiger partial charge in [-0.25, -0.2) is 4.98 Å². The third-order valence-corrected chi connectivity index (χ3v) is 2.56. The monoisotopic (exact) mass is 247 g/mol. The molecule has 0 fully saturated rings. The Morgan fingerprint density at radius 3 is 2.94 bits per heavy atom. The van der Waals surface area contributed by atoms with Gasteiger partial charge < -0.3 is 5.32 Å². The Morgan fingerprint density at radius 1 is 1.44 bits per heavy atom. The highest BCUT2D eigenvalue weighted by atomic mass is 16.6. The molecule has 0 aliphatic rings. The Bertz CT molecular complexity index is 538. The fourth-order valence-corrected chi connectivity index (χ4v) is 1.60. The van der Waals surface area contributed by atoms with Crippen molar-refractivity contribution in [2.24, 2.45) is 0 Å². The van der Waals surface area contributed by atoms with Crippen molar-refractivity contribution in [2.45, 2.75) is 20.0 Å². The van der Waals surface area contributed by atoms with Gasteiger partial charge in [0, 0.05) is 18.2 Å². The number of nitro benzene ring substituents is 1. The van der Waals surface area contributed by atoms with Crippen LogP contribution in [0.4, 0.5) is 5.69 Å². The molecular weight excluding hydrogens is 234 g/mol. The Hall–Kier alpha value is -2.28. The molecule has 0 aliphatic heterocycles. The van der Waals surface area contributed by atoms with E-state index in [1.165, 1.54) is 6.33 Å². The molecule has 1 aromatic heterocycles. The number of nitrogens with zero attached hydrogens (tertiary/aromatic N) is 3. The van der Waals surface area contributed by atoms with Gasteiger partial charge in [-0.3, -0.25) is 15.2 Å². The van der Waals surface area contributed by atoms with Crippen molar-refractivity contribution in [3.05, 3.63) is 51.6 Å². The number of hydrogen-bond donors (Lipinski definition) is 2. The number of benzene rings is 1. The topological polar surface area (TPSA) is 96.7 Å². The Kier molecular flexibility index (Phi) is 3.63. The molecule has 0 amide bonds. The number of aryl methyl sites for hydroxylation is 1. The lowest BCUT2D eigenvalue weighted by Crippen LogP contribution is -2.14. The second kappa shape index (κ2) is 5.37. The summed E-state index contributed by atoms with van der Waals surface area (Å²) in [5, 5.41) is 20.4. The zero-order valence-corrected chi connectivity index (χ0v) is 9.88. The van der Waals surface area contributed by atoms with Gasteiger partial charge in [0.15, 0.2) is 0 Å². The number of nitrogens with one attached hydrogen (secondary N) is 2. The Balaban J connectivity index is 1.97. The van der Waals surface area contributed by atoms with Crippen LogP contribution >= 0.6 is 0 Å². The van der Waals surface area contributed by atoms with Crippen LogP contribution in [-0.2, 0) is 13.1 Å². The molecular formula is C11H13N5O2. The van der Waals surface area contributed by atoms with Gasteiger partial charge in [-0.2, -0.15) is 5.10 Å². The zero-order chi connectivity index (χ0) is 13.0. The maximum Gasteiger partial charge on any atom is 0.272 e. The predicted octanol–water partition coefficient (Wildman–Crippen LogP) is 1.31. The molecule has 0 bridgehead atoms. The number of nitro groups is 1. The minimum Gasteiger partial charge on any atom is -0.306 e. The minimum absolute atomic E-state index is 0.147. The highest BCUT2D eigenvalue weighted by Gasteiger charge is 2.10. The second-order valence-corrected chi connectivity index (χ2v) is 3.91. The van der Waals surface area contributed by atoms with E-state index in [2.05, 4.69) is 20.5 Å². The van der Waals surface area contributed by atoms with Gasteiger partial charge in [0.25, 0.3) is 5.69 Å². The second-order valence-electron chi connectivity index (χ2n) is 3.91. The van der Waals surface area contributed by atoms with Gasteiger partial charge in [-0.05, 0) is 12.5 Å². The molecule has 7 nitrogen and oxygen atoms in total. The fourth-order valence-electron chi connectivity index (χ4n) is 1.60. The zero-order valence-electron chi connectivity index (χ0n) is 9.88. The number of H-pyrrole nitrogens is 1. The van der Waals surface area contributed by atoms with Crippen LogP contribution in [-0.4, -0.2) is 20.1 Å². The van der Waals surface area contributed by atoms with Crippen LogP contribution in [0.15, 0.2) is 24.5 Å². The van der Waals surface area contributed by atoms with Gasteiger partial charge in [0.2, 0.25) is 0 Å². The van der Waals surface area contributed by atoms with E-state index in [1.54, 1.807) is 19.1 Å². The molecule has 2 N–H and O–H groups in total. The van der Waals surface area contributed by atoms with E-state index in [9.17, 15) is 10.1 Å². The summed E-state index contributed by atoms with van der Waals surface area (Å²) < 4.78 is 0. The van der Waals surface area contributed by atoms with Crippen LogP contribution < -0.4 is 5.32 Å². The first-order chi connectivity index (χ1) is 8.66. The molecule has 7 heteroatoms. The molecule has 0 radical (unpaired) electrons. The average molecular weight is 247 g/mol. The number of aromatic nitrogens is 3. The molecule has 1 aromatic carbocycles. The normalized spacial score (nSPS) is 10.5. The average Bonchev–Trinajstić information content (AvgIpc) is 2.84. The molecule has 0 aliphatic carbocycles. The van der Waals surface area contributed by atoms with Crippen LogP contribution in [0.25, 0.3) is 0 Å². The molecule has 18 heavy (non-hydrogen) atoms. The van der Waals surface area contributed by atoms with E-state index in [0.717, 1.165) is 11.4 Å². The Labute approximate surface area is 103 Å². The summed E-state index contributed by atoms with van der Waals surface area (Å²) in [7, 11) is 0. The maximum absolute atomic E-state index is 10.8. The van der Waals surface area contributed by atoms with Gasteiger partial charge in [0.05, 0.1) is 11.5 Å². The van der Waals surface area contributed by atoms with E-state index < -0.39 is 0 Å². The van der Waals surface area contributed by atoms with Crippen LogP contribution in [0.2, 0.25) is 0 Å². The number of rotatable bonds is 5. The van der Waals surface area contributed by atoms with Crippen molar-refractivity contribution >= 4 is 5.69 Å². The molecule has 2 rings (SSSR count). The molecule has 0 spiro atoms. The van der Waals surface area contributed by atoms with E-state index in [1.807, 2.05) is 6.07 Å². The third-order valence-electron chi connectivity index (χ3n) is 2.56. The standard InChI is InChI=1S/C11H13N5O2/c1-8-2-3-9(4-10(8)16(17)18)5-12-6-11-13-7-14-15-11/h2-4,7,12H,5-6H2,1H3,(H,13,14,15). The van der Waals surface area contributed by atoms with Crippen molar-refractivity contribution in [3.8, 4) is 0 Å². The van der Waals surface area contributed by atoms with E-state index in [0.29, 0.717) is 18.7 Å². The van der Waals surface area contributed by atoms with Crippen LogP contribution in [0, 0.1) is 17.0 Å². The van der Waals surface area contributed by atoms with Gasteiger partial charge >= 0.3 is 0 Å². The minimum atomic E-state index is -0.366. The quantitative estimate of drug-likeness (QED) is 0.613. The lowest BCUT2D eigenvalue weighted by atomic mass is 10.1. The highest BCUT2D eigenvalue weighted by Crippen LogP contribution is 2.19. The highest BCUT2D eigenvalue weighted by molar-refractivity contribution is 5.42. The molecule has 1 heterocycles. The van der Waals surface area contributed by atoms with Crippen molar-refractivity contribution in [1.29, 1.82) is 0 Å². The van der Waals surface area contributed by atoms with Crippen LogP contribution in [0.5, 0.6) is 0 Å². The lowest BCUT2D eigenvalue weighted by molar-refractivity contribution is -0.385. The first-order valence-corrected chi connectivity index (χ1v) is 5.45. The molecule has 2 aromatic rings. The van der Waals surface area contributed by atoms with Crippen molar-refractivity contribution in [3.63, 3.8) is 0 Å². The third kappa shape index (κ3) is 2.89. The number of aromatic amines is 1. The van der Waals surface area contributed by atoms with Crippen molar-refractivity contribution < 1.29 is 4.92 Å². The van der Waals surface area contributed by atoms with Crippen LogP contribution in [0.1, 0.15) is 17.0 Å². The summed E-state index contributed by atoms with van der Waals surface area (Å²) in [4.78, 5) is 14.4. The lowest BCUT2D eigenvalue weighted by Gasteiger charge is -2.04. The molecule has 0 atom stereocenters. The summed E-state index contributed by atoms with van der Waals surface area (Å²) in [6.07, 6.45) is 1.44. The fraction of sp³-hybridized carbons (Fsp3) is 0.273. The van der Waals surface area contributed by atoms with Crippen molar-refractivity contribution in [1.82, 2.24) is 20.5 Å². The summed E-state index contributed by atoms with van der Waals surface area (Å²) in [5.74, 6) is 0.733. The maximum atomic E-state index is 10.8. The largest absolute Gasteiger partial charge is 0.306 e. The molecule has 0 saturated carbocycles. The SMILES string of the molecule is Cc1ccc(CNCc2ncn[nH]2)cc1[N+](=O)[O-]. The molecule has 0 saturated heterocycles. The first kappa shape index (κ1) is 12.2. The summed E-state index contributed by atoms with van der Waals surface area (Å²) in [5.41, 5.74) is 1.68. The molecule has 94 valence electrons. The van der Waals surface area contributed by atoms with Crippen LogP contribution in [0.3, 0.4) is 0 Å². The Morgan fingerprint density at radius 2 is 2.28 bits per heavy atom.